The molecule has 23 heavy (non-hydrogen) atoms. The molecule has 1 aliphatic heterocycles. The van der Waals surface area contributed by atoms with E-state index >= 15 is 0 Å². The lowest BCUT2D eigenvalue weighted by molar-refractivity contribution is 0.733. The van der Waals surface area contributed by atoms with Crippen molar-refractivity contribution in [1.82, 2.24) is 0 Å². The smallest absolute Gasteiger partial charge is 0.151 e. The molecule has 3 aromatic rings. The van der Waals surface area contributed by atoms with Crippen LogP contribution in [0.2, 0.25) is 0 Å². The van der Waals surface area contributed by atoms with Gasteiger partial charge < -0.3 is 4.90 Å². The zero-order valence-electron chi connectivity index (χ0n) is 12.4. The number of aliphatic imine (C=N–C) groups is 1. The van der Waals surface area contributed by atoms with Crippen LogP contribution in [0.1, 0.15) is 17.3 Å². The summed E-state index contributed by atoms with van der Waals surface area (Å²) >= 11 is 3.51. The van der Waals surface area contributed by atoms with Crippen molar-refractivity contribution in [3.05, 3.63) is 94.5 Å². The normalized spacial score (nSPS) is 16.2. The van der Waals surface area contributed by atoms with Crippen molar-refractivity contribution < 1.29 is 0 Å². The lowest BCUT2D eigenvalue weighted by Crippen LogP contribution is -2.26. The first-order chi connectivity index (χ1) is 11.3. The zero-order chi connectivity index (χ0) is 15.6. The molecule has 0 fully saturated rings. The molecule has 4 rings (SSSR count). The lowest BCUT2D eigenvalue weighted by Gasteiger charge is -2.35. The molecule has 112 valence electrons. The molecule has 1 heterocycles. The molecule has 3 aromatic carbocycles. The van der Waals surface area contributed by atoms with Crippen molar-refractivity contribution in [3.63, 3.8) is 0 Å². The highest BCUT2D eigenvalue weighted by molar-refractivity contribution is 9.10. The Morgan fingerprint density at radius 1 is 0.783 bits per heavy atom. The van der Waals surface area contributed by atoms with E-state index < -0.39 is 0 Å². The molecule has 0 aromatic heterocycles. The Morgan fingerprint density at radius 3 is 2.26 bits per heavy atom. The number of fused-ring (bicyclic) bond motifs is 1. The number of benzene rings is 3. The fraction of sp³-hybridized carbons (Fsp3) is 0.0500. The summed E-state index contributed by atoms with van der Waals surface area (Å²) in [6.07, 6.45) is 1.93. The van der Waals surface area contributed by atoms with Crippen LogP contribution in [0.15, 0.2) is 88.3 Å². The van der Waals surface area contributed by atoms with Crippen LogP contribution in [0.25, 0.3) is 0 Å². The summed E-state index contributed by atoms with van der Waals surface area (Å²) in [6.45, 7) is 0. The predicted molar refractivity (Wildman–Crippen MR) is 99.5 cm³/mol. The Kier molecular flexibility index (Phi) is 3.72. The number of anilines is 2. The van der Waals surface area contributed by atoms with Gasteiger partial charge >= 0.3 is 0 Å². The molecule has 0 spiro atoms. The van der Waals surface area contributed by atoms with Gasteiger partial charge in [-0.3, -0.25) is 4.99 Å². The molecule has 0 N–H and O–H groups in total. The van der Waals surface area contributed by atoms with Gasteiger partial charge in [0.15, 0.2) is 6.17 Å². The molecule has 2 nitrogen and oxygen atoms in total. The minimum absolute atomic E-state index is 0.0488. The Balaban J connectivity index is 1.88. The number of para-hydroxylation sites is 1. The molecule has 0 radical (unpaired) electrons. The topological polar surface area (TPSA) is 15.6 Å². The van der Waals surface area contributed by atoms with Crippen molar-refractivity contribution in [3.8, 4) is 0 Å². The van der Waals surface area contributed by atoms with E-state index in [2.05, 4.69) is 87.6 Å². The molecule has 0 aliphatic carbocycles. The fourth-order valence-electron chi connectivity index (χ4n) is 2.91. The number of hydrogen-bond acceptors (Lipinski definition) is 2. The van der Waals surface area contributed by atoms with E-state index in [1.807, 2.05) is 18.3 Å². The molecule has 0 bridgehead atoms. The number of nitrogens with zero attached hydrogens (tertiary/aromatic N) is 2. The van der Waals surface area contributed by atoms with E-state index in [0.29, 0.717) is 0 Å². The molecule has 3 heteroatoms. The maximum Gasteiger partial charge on any atom is 0.151 e. The largest absolute Gasteiger partial charge is 0.314 e. The maximum atomic E-state index is 4.81. The maximum absolute atomic E-state index is 4.81. The van der Waals surface area contributed by atoms with E-state index in [0.717, 1.165) is 15.7 Å². The summed E-state index contributed by atoms with van der Waals surface area (Å²) in [7, 11) is 0. The molecular weight excluding hydrogens is 348 g/mol. The van der Waals surface area contributed by atoms with Crippen LogP contribution in [0.3, 0.4) is 0 Å². The van der Waals surface area contributed by atoms with Crippen LogP contribution in [0.4, 0.5) is 11.4 Å². The summed E-state index contributed by atoms with van der Waals surface area (Å²) < 4.78 is 1.08. The Morgan fingerprint density at radius 2 is 1.48 bits per heavy atom. The second kappa shape index (κ2) is 6.01. The van der Waals surface area contributed by atoms with E-state index in [-0.39, 0.29) is 6.17 Å². The fourth-order valence-corrected chi connectivity index (χ4v) is 3.17. The first kappa shape index (κ1) is 14.2. The van der Waals surface area contributed by atoms with Gasteiger partial charge in [-0.15, -0.1) is 0 Å². The van der Waals surface area contributed by atoms with Gasteiger partial charge in [-0.05, 0) is 35.9 Å². The molecule has 0 saturated carbocycles. The van der Waals surface area contributed by atoms with E-state index in [9.17, 15) is 0 Å². The average Bonchev–Trinajstić information content (AvgIpc) is 2.62. The molecule has 1 aliphatic rings. The summed E-state index contributed by atoms with van der Waals surface area (Å²) in [5, 5.41) is 0. The highest BCUT2D eigenvalue weighted by Crippen LogP contribution is 2.40. The number of hydrogen-bond donors (Lipinski definition) is 0. The Bertz CT molecular complexity index is 841. The SMILES string of the molecule is Brc1ccc(N2c3ccccc3C=NC2c2ccccc2)cc1. The highest BCUT2D eigenvalue weighted by atomic mass is 79.9. The number of halogens is 1. The summed E-state index contributed by atoms with van der Waals surface area (Å²) in [6, 6.07) is 27.2. The lowest BCUT2D eigenvalue weighted by atomic mass is 10.0. The van der Waals surface area contributed by atoms with E-state index in [4.69, 9.17) is 4.99 Å². The summed E-state index contributed by atoms with van der Waals surface area (Å²) in [5.41, 5.74) is 4.63. The molecule has 1 atom stereocenters. The minimum atomic E-state index is -0.0488. The van der Waals surface area contributed by atoms with Gasteiger partial charge in [-0.2, -0.15) is 0 Å². The second-order valence-corrected chi connectivity index (χ2v) is 6.38. The van der Waals surface area contributed by atoms with Gasteiger partial charge in [-0.25, -0.2) is 0 Å². The Hall–Kier alpha value is -2.39. The molecule has 0 saturated heterocycles. The van der Waals surface area contributed by atoms with Gasteiger partial charge in [0, 0.05) is 21.9 Å². The van der Waals surface area contributed by atoms with Crippen LogP contribution in [0, 0.1) is 0 Å². The Labute approximate surface area is 144 Å². The average molecular weight is 363 g/mol. The van der Waals surface area contributed by atoms with Crippen molar-refractivity contribution in [2.45, 2.75) is 6.17 Å². The summed E-state index contributed by atoms with van der Waals surface area (Å²) in [4.78, 5) is 7.10. The monoisotopic (exact) mass is 362 g/mol. The first-order valence-corrected chi connectivity index (χ1v) is 8.34. The third kappa shape index (κ3) is 2.68. The van der Waals surface area contributed by atoms with Crippen LogP contribution < -0.4 is 4.90 Å². The molecule has 0 amide bonds. The van der Waals surface area contributed by atoms with Crippen molar-refractivity contribution in [2.24, 2.45) is 4.99 Å². The predicted octanol–water partition coefficient (Wildman–Crippen LogP) is 5.72. The quantitative estimate of drug-likeness (QED) is 0.569. The summed E-state index contributed by atoms with van der Waals surface area (Å²) in [5.74, 6) is 0. The first-order valence-electron chi connectivity index (χ1n) is 7.55. The minimum Gasteiger partial charge on any atom is -0.314 e. The second-order valence-electron chi connectivity index (χ2n) is 5.47. The van der Waals surface area contributed by atoms with Gasteiger partial charge in [0.2, 0.25) is 0 Å². The van der Waals surface area contributed by atoms with Crippen molar-refractivity contribution in [1.29, 1.82) is 0 Å². The third-order valence-electron chi connectivity index (χ3n) is 4.00. The van der Waals surface area contributed by atoms with E-state index in [1.54, 1.807) is 0 Å². The van der Waals surface area contributed by atoms with Gasteiger partial charge in [-0.1, -0.05) is 64.5 Å². The van der Waals surface area contributed by atoms with Crippen LogP contribution in [-0.4, -0.2) is 6.21 Å². The van der Waals surface area contributed by atoms with Crippen molar-refractivity contribution >= 4 is 33.5 Å². The zero-order valence-corrected chi connectivity index (χ0v) is 14.0. The highest BCUT2D eigenvalue weighted by Gasteiger charge is 2.26. The van der Waals surface area contributed by atoms with Crippen LogP contribution in [0.5, 0.6) is 0 Å². The molecule has 1 unspecified atom stereocenters. The van der Waals surface area contributed by atoms with Crippen LogP contribution >= 0.6 is 15.9 Å². The van der Waals surface area contributed by atoms with Gasteiger partial charge in [0.25, 0.3) is 0 Å². The third-order valence-corrected chi connectivity index (χ3v) is 4.53. The van der Waals surface area contributed by atoms with Gasteiger partial charge in [0.1, 0.15) is 0 Å². The van der Waals surface area contributed by atoms with Gasteiger partial charge in [0.05, 0.1) is 5.69 Å². The standard InChI is InChI=1S/C20H15BrN2/c21-17-10-12-18(13-11-17)23-19-9-5-4-8-16(19)14-22-20(23)15-6-2-1-3-7-15/h1-14,20H. The van der Waals surface area contributed by atoms with Crippen molar-refractivity contribution in [2.75, 3.05) is 4.90 Å². The van der Waals surface area contributed by atoms with Crippen LogP contribution in [-0.2, 0) is 0 Å². The van der Waals surface area contributed by atoms with E-state index in [1.165, 1.54) is 11.3 Å². The number of rotatable bonds is 2. The molecular formula is C20H15BrN2.